The quantitative estimate of drug-likeness (QED) is 0.625. The number of hydrogen-bond donors (Lipinski definition) is 3. The average molecular weight is 434 g/mol. The zero-order valence-electron chi connectivity index (χ0n) is 17.3. The van der Waals surface area contributed by atoms with E-state index in [0.29, 0.717) is 30.5 Å². The summed E-state index contributed by atoms with van der Waals surface area (Å²) in [4.78, 5) is 12.8. The number of benzene rings is 2. The number of para-hydroxylation sites is 1. The van der Waals surface area contributed by atoms with Crippen molar-refractivity contribution >= 4 is 11.7 Å². The minimum atomic E-state index is -4.56. The van der Waals surface area contributed by atoms with E-state index >= 15 is 0 Å². The number of aryl methyl sites for hydroxylation is 1. The van der Waals surface area contributed by atoms with E-state index in [9.17, 15) is 23.1 Å². The number of carbonyl (C=O) groups excluding carboxylic acids is 1. The van der Waals surface area contributed by atoms with Gasteiger partial charge in [-0.25, -0.2) is 4.79 Å². The van der Waals surface area contributed by atoms with Gasteiger partial charge in [0.1, 0.15) is 11.4 Å². The molecule has 5 nitrogen and oxygen atoms in total. The van der Waals surface area contributed by atoms with Gasteiger partial charge < -0.3 is 20.5 Å². The third-order valence-electron chi connectivity index (χ3n) is 5.81. The van der Waals surface area contributed by atoms with Gasteiger partial charge in [-0.3, -0.25) is 0 Å². The smallest absolute Gasteiger partial charge is 0.419 e. The fourth-order valence-electron chi connectivity index (χ4n) is 4.42. The highest BCUT2D eigenvalue weighted by Crippen LogP contribution is 2.46. The number of halogens is 3. The summed E-state index contributed by atoms with van der Waals surface area (Å²) in [5.74, 6) is -0.239. The highest BCUT2D eigenvalue weighted by atomic mass is 19.4. The SMILES string of the molecule is CC1(C)C[C@@H](NC(=O)Nc2cccc3c2C[C@H](O)CC3)c2cccc(C(F)(F)F)c2O1. The average Bonchev–Trinajstić information content (AvgIpc) is 2.66. The molecule has 166 valence electrons. The molecule has 2 atom stereocenters. The second kappa shape index (κ2) is 7.75. The highest BCUT2D eigenvalue weighted by molar-refractivity contribution is 5.90. The molecular weight excluding hydrogens is 409 g/mol. The summed E-state index contributed by atoms with van der Waals surface area (Å²) in [5.41, 5.74) is 1.14. The molecule has 0 spiro atoms. The summed E-state index contributed by atoms with van der Waals surface area (Å²) in [5, 5.41) is 15.6. The molecule has 2 aromatic rings. The van der Waals surface area contributed by atoms with Gasteiger partial charge in [-0.15, -0.1) is 0 Å². The molecule has 0 saturated heterocycles. The zero-order valence-corrected chi connectivity index (χ0v) is 17.3. The predicted octanol–water partition coefficient (Wildman–Crippen LogP) is 4.98. The summed E-state index contributed by atoms with van der Waals surface area (Å²) in [6, 6.07) is 8.27. The van der Waals surface area contributed by atoms with Gasteiger partial charge in [-0.1, -0.05) is 24.3 Å². The Morgan fingerprint density at radius 2 is 1.94 bits per heavy atom. The summed E-state index contributed by atoms with van der Waals surface area (Å²) in [6.45, 7) is 3.40. The van der Waals surface area contributed by atoms with E-state index < -0.39 is 35.5 Å². The van der Waals surface area contributed by atoms with Crippen molar-refractivity contribution < 1.29 is 27.8 Å². The molecule has 0 saturated carbocycles. The molecule has 4 rings (SSSR count). The Kier molecular flexibility index (Phi) is 5.37. The molecule has 0 bridgehead atoms. The van der Waals surface area contributed by atoms with E-state index in [0.717, 1.165) is 23.6 Å². The van der Waals surface area contributed by atoms with Crippen LogP contribution < -0.4 is 15.4 Å². The summed E-state index contributed by atoms with van der Waals surface area (Å²) in [6.07, 6.45) is -2.83. The standard InChI is InChI=1S/C23H25F3N2O3/c1-22(2)12-19(15-6-4-7-17(20(15)31-22)23(24,25)26)28-21(30)27-18-8-3-5-13-9-10-14(29)11-16(13)18/h3-8,14,19,29H,9-12H2,1-2H3,(H2,27,28,30)/t14-,19-/m1/s1. The topological polar surface area (TPSA) is 70.6 Å². The Morgan fingerprint density at radius 3 is 2.68 bits per heavy atom. The van der Waals surface area contributed by atoms with Crippen molar-refractivity contribution in [1.82, 2.24) is 5.32 Å². The van der Waals surface area contributed by atoms with Crippen molar-refractivity contribution in [2.75, 3.05) is 5.32 Å². The molecular formula is C23H25F3N2O3. The van der Waals surface area contributed by atoms with Gasteiger partial charge in [-0.05, 0) is 49.9 Å². The first kappa shape index (κ1) is 21.5. The number of urea groups is 1. The number of hydrogen-bond acceptors (Lipinski definition) is 3. The number of anilines is 1. The number of fused-ring (bicyclic) bond motifs is 2. The number of ether oxygens (including phenoxy) is 1. The van der Waals surface area contributed by atoms with E-state index in [1.54, 1.807) is 26.0 Å². The lowest BCUT2D eigenvalue weighted by Gasteiger charge is -2.39. The molecule has 1 heterocycles. The lowest BCUT2D eigenvalue weighted by Crippen LogP contribution is -2.43. The van der Waals surface area contributed by atoms with Crippen LogP contribution in [-0.4, -0.2) is 22.8 Å². The van der Waals surface area contributed by atoms with Crippen molar-refractivity contribution in [2.24, 2.45) is 0 Å². The number of carbonyl (C=O) groups is 1. The Bertz CT molecular complexity index is 1000. The molecule has 2 aliphatic rings. The van der Waals surface area contributed by atoms with Crippen LogP contribution in [-0.2, 0) is 19.0 Å². The van der Waals surface area contributed by atoms with Gasteiger partial charge in [0, 0.05) is 24.1 Å². The Hall–Kier alpha value is -2.74. The van der Waals surface area contributed by atoms with Crippen molar-refractivity contribution in [3.8, 4) is 5.75 Å². The molecule has 0 radical (unpaired) electrons. The number of aliphatic hydroxyl groups excluding tert-OH is 1. The third kappa shape index (κ3) is 4.49. The van der Waals surface area contributed by atoms with E-state index in [1.807, 2.05) is 12.1 Å². The summed E-state index contributed by atoms with van der Waals surface area (Å²) in [7, 11) is 0. The maximum atomic E-state index is 13.5. The highest BCUT2D eigenvalue weighted by Gasteiger charge is 2.42. The van der Waals surface area contributed by atoms with Crippen LogP contribution in [0.2, 0.25) is 0 Å². The first-order chi connectivity index (χ1) is 14.5. The number of rotatable bonds is 2. The van der Waals surface area contributed by atoms with Crippen LogP contribution in [0, 0.1) is 0 Å². The predicted molar refractivity (Wildman–Crippen MR) is 110 cm³/mol. The molecule has 2 aromatic carbocycles. The number of amides is 2. The molecule has 3 N–H and O–H groups in total. The fourth-order valence-corrected chi connectivity index (χ4v) is 4.42. The number of nitrogens with one attached hydrogen (secondary N) is 2. The largest absolute Gasteiger partial charge is 0.487 e. The Labute approximate surface area is 178 Å². The van der Waals surface area contributed by atoms with Gasteiger partial charge >= 0.3 is 12.2 Å². The first-order valence-electron chi connectivity index (χ1n) is 10.3. The van der Waals surface area contributed by atoms with Crippen LogP contribution in [0.5, 0.6) is 5.75 Å². The molecule has 2 amide bonds. The number of aliphatic hydroxyl groups is 1. The van der Waals surface area contributed by atoms with Crippen LogP contribution in [0.3, 0.4) is 0 Å². The maximum absolute atomic E-state index is 13.5. The fraction of sp³-hybridized carbons (Fsp3) is 0.435. The van der Waals surface area contributed by atoms with E-state index in [-0.39, 0.29) is 5.75 Å². The van der Waals surface area contributed by atoms with Crippen molar-refractivity contribution in [2.45, 2.75) is 63.5 Å². The Balaban J connectivity index is 1.59. The van der Waals surface area contributed by atoms with Gasteiger partial charge in [0.15, 0.2) is 0 Å². The van der Waals surface area contributed by atoms with Crippen molar-refractivity contribution in [1.29, 1.82) is 0 Å². The third-order valence-corrected chi connectivity index (χ3v) is 5.81. The molecule has 1 aliphatic heterocycles. The lowest BCUT2D eigenvalue weighted by molar-refractivity contribution is -0.140. The van der Waals surface area contributed by atoms with Gasteiger partial charge in [0.25, 0.3) is 0 Å². The zero-order chi connectivity index (χ0) is 22.4. The van der Waals surface area contributed by atoms with Gasteiger partial charge in [0.2, 0.25) is 0 Å². The van der Waals surface area contributed by atoms with Gasteiger partial charge in [-0.2, -0.15) is 13.2 Å². The van der Waals surface area contributed by atoms with E-state index in [1.165, 1.54) is 6.07 Å². The molecule has 31 heavy (non-hydrogen) atoms. The van der Waals surface area contributed by atoms with Crippen molar-refractivity contribution in [3.05, 3.63) is 58.7 Å². The second-order valence-electron chi connectivity index (χ2n) is 8.78. The van der Waals surface area contributed by atoms with Crippen LogP contribution in [0.1, 0.15) is 55.0 Å². The normalized spacial score (nSPS) is 22.0. The lowest BCUT2D eigenvalue weighted by atomic mass is 9.88. The molecule has 8 heteroatoms. The monoisotopic (exact) mass is 434 g/mol. The molecule has 0 fully saturated rings. The molecule has 0 aromatic heterocycles. The van der Waals surface area contributed by atoms with Crippen LogP contribution in [0.25, 0.3) is 0 Å². The molecule has 0 unspecified atom stereocenters. The Morgan fingerprint density at radius 1 is 1.19 bits per heavy atom. The van der Waals surface area contributed by atoms with Crippen molar-refractivity contribution in [3.63, 3.8) is 0 Å². The minimum Gasteiger partial charge on any atom is -0.487 e. The maximum Gasteiger partial charge on any atom is 0.419 e. The van der Waals surface area contributed by atoms with E-state index in [2.05, 4.69) is 10.6 Å². The van der Waals surface area contributed by atoms with E-state index in [4.69, 9.17) is 4.74 Å². The number of alkyl halides is 3. The van der Waals surface area contributed by atoms with Crippen LogP contribution in [0.4, 0.5) is 23.7 Å². The summed E-state index contributed by atoms with van der Waals surface area (Å²) < 4.78 is 46.2. The molecule has 1 aliphatic carbocycles. The van der Waals surface area contributed by atoms with Crippen LogP contribution in [0.15, 0.2) is 36.4 Å². The van der Waals surface area contributed by atoms with Crippen LogP contribution >= 0.6 is 0 Å². The van der Waals surface area contributed by atoms with Gasteiger partial charge in [0.05, 0.1) is 17.7 Å². The summed E-state index contributed by atoms with van der Waals surface area (Å²) >= 11 is 0. The minimum absolute atomic E-state index is 0.239. The second-order valence-corrected chi connectivity index (χ2v) is 8.78. The first-order valence-corrected chi connectivity index (χ1v) is 10.3.